The summed E-state index contributed by atoms with van der Waals surface area (Å²) < 4.78 is 0. The first kappa shape index (κ1) is 14.3. The molecule has 112 valence electrons. The van der Waals surface area contributed by atoms with Crippen molar-refractivity contribution in [2.45, 2.75) is 45.7 Å². The van der Waals surface area contributed by atoms with Gasteiger partial charge in [-0.2, -0.15) is 0 Å². The van der Waals surface area contributed by atoms with Gasteiger partial charge >= 0.3 is 0 Å². The maximum atomic E-state index is 4.71. The number of nitrogens with zero attached hydrogens (tertiary/aromatic N) is 2. The second kappa shape index (κ2) is 6.02. The number of hydrogen-bond donors (Lipinski definition) is 1. The van der Waals surface area contributed by atoms with E-state index >= 15 is 0 Å². The fraction of sp³-hybridized carbons (Fsp3) is 0.500. The molecule has 1 aliphatic rings. The molecule has 1 aromatic carbocycles. The lowest BCUT2D eigenvalue weighted by Crippen LogP contribution is -2.42. The Labute approximate surface area is 127 Å². The van der Waals surface area contributed by atoms with Gasteiger partial charge in [0.05, 0.1) is 11.2 Å². The van der Waals surface area contributed by atoms with Crippen LogP contribution in [0.4, 0.5) is 5.69 Å². The second-order valence-corrected chi connectivity index (χ2v) is 6.38. The van der Waals surface area contributed by atoms with Crippen LogP contribution in [0.5, 0.6) is 0 Å². The number of para-hydroxylation sites is 1. The van der Waals surface area contributed by atoms with Crippen molar-refractivity contribution in [3.05, 3.63) is 36.0 Å². The van der Waals surface area contributed by atoms with Crippen LogP contribution in [0.15, 0.2) is 30.3 Å². The van der Waals surface area contributed by atoms with Crippen LogP contribution in [-0.2, 0) is 0 Å². The van der Waals surface area contributed by atoms with E-state index in [9.17, 15) is 0 Å². The van der Waals surface area contributed by atoms with Gasteiger partial charge in [0.25, 0.3) is 0 Å². The molecule has 0 saturated carbocycles. The average Bonchev–Trinajstić information content (AvgIpc) is 2.48. The number of likely N-dealkylation sites (tertiary alicyclic amines) is 1. The lowest BCUT2D eigenvalue weighted by atomic mass is 10.0. The molecule has 0 atom stereocenters. The van der Waals surface area contributed by atoms with Crippen LogP contribution < -0.4 is 5.32 Å². The quantitative estimate of drug-likeness (QED) is 0.928. The Morgan fingerprint density at radius 2 is 1.90 bits per heavy atom. The zero-order chi connectivity index (χ0) is 14.8. The molecule has 2 heterocycles. The Morgan fingerprint density at radius 3 is 2.62 bits per heavy atom. The van der Waals surface area contributed by atoms with Gasteiger partial charge < -0.3 is 10.2 Å². The minimum atomic E-state index is 0.563. The molecule has 3 nitrogen and oxygen atoms in total. The van der Waals surface area contributed by atoms with Gasteiger partial charge in [0, 0.05) is 36.3 Å². The zero-order valence-electron chi connectivity index (χ0n) is 13.3. The Kier molecular flexibility index (Phi) is 4.11. The monoisotopic (exact) mass is 283 g/mol. The summed E-state index contributed by atoms with van der Waals surface area (Å²) >= 11 is 0. The molecule has 1 aliphatic heterocycles. The van der Waals surface area contributed by atoms with E-state index < -0.39 is 0 Å². The zero-order valence-corrected chi connectivity index (χ0v) is 13.3. The molecule has 3 heteroatoms. The van der Waals surface area contributed by atoms with E-state index in [1.807, 2.05) is 0 Å². The Balaban J connectivity index is 1.75. The summed E-state index contributed by atoms with van der Waals surface area (Å²) in [5.41, 5.74) is 3.36. The number of aromatic nitrogens is 1. The van der Waals surface area contributed by atoms with Crippen molar-refractivity contribution in [3.63, 3.8) is 0 Å². The fourth-order valence-electron chi connectivity index (χ4n) is 3.14. The second-order valence-electron chi connectivity index (χ2n) is 6.38. The number of piperidine rings is 1. The number of fused-ring (bicyclic) bond motifs is 1. The van der Waals surface area contributed by atoms with Crippen molar-refractivity contribution in [1.82, 2.24) is 9.88 Å². The van der Waals surface area contributed by atoms with Gasteiger partial charge in [0.2, 0.25) is 0 Å². The van der Waals surface area contributed by atoms with E-state index in [-0.39, 0.29) is 0 Å². The predicted octanol–water partition coefficient (Wildman–Crippen LogP) is 3.83. The number of benzene rings is 1. The van der Waals surface area contributed by atoms with Gasteiger partial charge in [-0.15, -0.1) is 0 Å². The molecule has 0 spiro atoms. The summed E-state index contributed by atoms with van der Waals surface area (Å²) in [6, 6.07) is 11.9. The molecule has 1 fully saturated rings. The van der Waals surface area contributed by atoms with Crippen molar-refractivity contribution < 1.29 is 0 Å². The van der Waals surface area contributed by atoms with E-state index in [2.05, 4.69) is 61.3 Å². The minimum Gasteiger partial charge on any atom is -0.380 e. The summed E-state index contributed by atoms with van der Waals surface area (Å²) in [5, 5.41) is 4.93. The van der Waals surface area contributed by atoms with Crippen LogP contribution >= 0.6 is 0 Å². The molecular weight excluding hydrogens is 258 g/mol. The topological polar surface area (TPSA) is 28.2 Å². The highest BCUT2D eigenvalue weighted by Crippen LogP contribution is 2.25. The highest BCUT2D eigenvalue weighted by molar-refractivity contribution is 5.90. The van der Waals surface area contributed by atoms with Crippen molar-refractivity contribution in [2.24, 2.45) is 0 Å². The van der Waals surface area contributed by atoms with Crippen LogP contribution in [-0.4, -0.2) is 35.1 Å². The van der Waals surface area contributed by atoms with E-state index in [0.29, 0.717) is 12.1 Å². The molecule has 0 amide bonds. The van der Waals surface area contributed by atoms with Crippen LogP contribution in [0.1, 0.15) is 32.4 Å². The van der Waals surface area contributed by atoms with Crippen molar-refractivity contribution in [3.8, 4) is 0 Å². The first-order chi connectivity index (χ1) is 10.1. The molecule has 0 bridgehead atoms. The van der Waals surface area contributed by atoms with Crippen LogP contribution in [0.3, 0.4) is 0 Å². The smallest absolute Gasteiger partial charge is 0.0936 e. The maximum absolute atomic E-state index is 4.71. The van der Waals surface area contributed by atoms with Crippen molar-refractivity contribution in [2.75, 3.05) is 18.4 Å². The average molecular weight is 283 g/mol. The van der Waals surface area contributed by atoms with Crippen LogP contribution in [0.25, 0.3) is 10.9 Å². The summed E-state index contributed by atoms with van der Waals surface area (Å²) in [6.07, 6.45) is 2.42. The van der Waals surface area contributed by atoms with Gasteiger partial charge in [-0.1, -0.05) is 18.2 Å². The fourth-order valence-corrected chi connectivity index (χ4v) is 3.14. The number of aryl methyl sites for hydroxylation is 1. The highest BCUT2D eigenvalue weighted by Gasteiger charge is 2.21. The Hall–Kier alpha value is -1.61. The largest absolute Gasteiger partial charge is 0.380 e. The highest BCUT2D eigenvalue weighted by atomic mass is 15.2. The normalized spacial score (nSPS) is 17.5. The third-order valence-corrected chi connectivity index (χ3v) is 4.48. The maximum Gasteiger partial charge on any atom is 0.0936 e. The summed E-state index contributed by atoms with van der Waals surface area (Å²) in [7, 11) is 0. The molecular formula is C18H25N3. The van der Waals surface area contributed by atoms with E-state index in [0.717, 1.165) is 11.2 Å². The predicted molar refractivity (Wildman–Crippen MR) is 89.8 cm³/mol. The molecule has 0 aliphatic carbocycles. The Bertz CT molecular complexity index is 613. The van der Waals surface area contributed by atoms with Crippen molar-refractivity contribution in [1.29, 1.82) is 0 Å². The van der Waals surface area contributed by atoms with E-state index in [1.165, 1.54) is 37.0 Å². The molecule has 3 rings (SSSR count). The van der Waals surface area contributed by atoms with Gasteiger partial charge in [-0.05, 0) is 45.7 Å². The molecule has 0 radical (unpaired) electrons. The summed E-state index contributed by atoms with van der Waals surface area (Å²) in [6.45, 7) is 8.99. The lowest BCUT2D eigenvalue weighted by Gasteiger charge is -2.35. The molecule has 1 saturated heterocycles. The van der Waals surface area contributed by atoms with E-state index in [4.69, 9.17) is 4.98 Å². The lowest BCUT2D eigenvalue weighted by molar-refractivity contribution is 0.177. The first-order valence-corrected chi connectivity index (χ1v) is 8.00. The Morgan fingerprint density at radius 1 is 1.14 bits per heavy atom. The number of hydrogen-bond acceptors (Lipinski definition) is 3. The molecule has 0 unspecified atom stereocenters. The number of pyridine rings is 1. The first-order valence-electron chi connectivity index (χ1n) is 8.00. The summed E-state index contributed by atoms with van der Waals surface area (Å²) in [4.78, 5) is 7.27. The van der Waals surface area contributed by atoms with Gasteiger partial charge in [-0.3, -0.25) is 4.98 Å². The molecule has 1 aromatic heterocycles. The van der Waals surface area contributed by atoms with Crippen LogP contribution in [0, 0.1) is 6.92 Å². The number of nitrogens with one attached hydrogen (secondary N) is 1. The minimum absolute atomic E-state index is 0.563. The van der Waals surface area contributed by atoms with Crippen molar-refractivity contribution >= 4 is 16.6 Å². The third kappa shape index (κ3) is 3.18. The van der Waals surface area contributed by atoms with Crippen LogP contribution in [0.2, 0.25) is 0 Å². The van der Waals surface area contributed by atoms with Gasteiger partial charge in [-0.25, -0.2) is 0 Å². The molecule has 21 heavy (non-hydrogen) atoms. The number of anilines is 1. The van der Waals surface area contributed by atoms with E-state index in [1.54, 1.807) is 0 Å². The molecule has 1 N–H and O–H groups in total. The van der Waals surface area contributed by atoms with Gasteiger partial charge in [0.15, 0.2) is 0 Å². The number of rotatable bonds is 3. The van der Waals surface area contributed by atoms with Gasteiger partial charge in [0.1, 0.15) is 0 Å². The SMILES string of the molecule is Cc1ccc2cccc(NC3CCN(C(C)C)CC3)c2n1. The third-order valence-electron chi connectivity index (χ3n) is 4.48. The standard InChI is InChI=1S/C18H25N3/c1-13(2)21-11-9-16(10-12-21)20-17-6-4-5-15-8-7-14(3)19-18(15)17/h4-8,13,16,20H,9-12H2,1-3H3. The molecule has 2 aromatic rings. The summed E-state index contributed by atoms with van der Waals surface area (Å²) in [5.74, 6) is 0.